The second kappa shape index (κ2) is 6.01. The van der Waals surface area contributed by atoms with Crippen molar-refractivity contribution < 1.29 is 4.79 Å². The van der Waals surface area contributed by atoms with Crippen LogP contribution < -0.4 is 5.32 Å². The van der Waals surface area contributed by atoms with Crippen LogP contribution >= 0.6 is 11.8 Å². The van der Waals surface area contributed by atoms with E-state index in [2.05, 4.69) is 28.3 Å². The quantitative estimate of drug-likeness (QED) is 0.852. The number of H-pyrrole nitrogens is 1. The van der Waals surface area contributed by atoms with E-state index in [1.54, 1.807) is 0 Å². The summed E-state index contributed by atoms with van der Waals surface area (Å²) in [7, 11) is 0. The Kier molecular flexibility index (Phi) is 3.92. The molecule has 0 atom stereocenters. The van der Waals surface area contributed by atoms with Crippen LogP contribution in [0.3, 0.4) is 0 Å². The first-order valence-electron chi connectivity index (χ1n) is 6.77. The summed E-state index contributed by atoms with van der Waals surface area (Å²) in [4.78, 5) is 20.2. The third-order valence-electron chi connectivity index (χ3n) is 3.15. The summed E-state index contributed by atoms with van der Waals surface area (Å²) in [5, 5.41) is 3.43. The fourth-order valence-corrected chi connectivity index (χ4v) is 2.91. The molecule has 2 aromatic rings. The number of carbonyl (C=O) groups excluding carboxylic acids is 1. The number of nitrogens with zero attached hydrogens (tertiary/aromatic N) is 1. The number of hydrogen-bond acceptors (Lipinski definition) is 3. The van der Waals surface area contributed by atoms with Crippen LogP contribution in [0.4, 0.5) is 5.69 Å². The van der Waals surface area contributed by atoms with Crippen LogP contribution in [-0.2, 0) is 11.2 Å². The molecule has 1 fully saturated rings. The number of hydrogen-bond donors (Lipinski definition) is 2. The van der Waals surface area contributed by atoms with E-state index in [9.17, 15) is 4.79 Å². The molecule has 0 radical (unpaired) electrons. The number of rotatable bonds is 3. The summed E-state index contributed by atoms with van der Waals surface area (Å²) < 4.78 is 0. The maximum Gasteiger partial charge on any atom is 0.264 e. The lowest BCUT2D eigenvalue weighted by atomic mass is 10.1. The van der Waals surface area contributed by atoms with Crippen molar-refractivity contribution in [3.8, 4) is 0 Å². The first-order valence-corrected chi connectivity index (χ1v) is 7.59. The Hall–Kier alpha value is -2.27. The van der Waals surface area contributed by atoms with Gasteiger partial charge >= 0.3 is 0 Å². The summed E-state index contributed by atoms with van der Waals surface area (Å²) in [6.45, 7) is 2.09. The van der Waals surface area contributed by atoms with E-state index >= 15 is 0 Å². The average Bonchev–Trinajstić information content (AvgIpc) is 3.11. The summed E-state index contributed by atoms with van der Waals surface area (Å²) in [5.74, 6) is -0.109. The van der Waals surface area contributed by atoms with Gasteiger partial charge in [0.1, 0.15) is 0 Å². The number of amides is 1. The minimum absolute atomic E-state index is 0.109. The molecule has 5 heteroatoms. The second-order valence-electron chi connectivity index (χ2n) is 4.59. The summed E-state index contributed by atoms with van der Waals surface area (Å²) in [5.41, 5.74) is 2.98. The molecule has 0 bridgehead atoms. The molecule has 4 nitrogen and oxygen atoms in total. The van der Waals surface area contributed by atoms with E-state index in [1.807, 2.05) is 42.6 Å². The van der Waals surface area contributed by atoms with E-state index in [0.717, 1.165) is 17.8 Å². The van der Waals surface area contributed by atoms with E-state index in [4.69, 9.17) is 0 Å². The van der Waals surface area contributed by atoms with Gasteiger partial charge < -0.3 is 10.3 Å². The van der Waals surface area contributed by atoms with Gasteiger partial charge in [-0.15, -0.1) is 0 Å². The molecule has 0 aliphatic carbocycles. The number of thioether (sulfide) groups is 1. The summed E-state index contributed by atoms with van der Waals surface area (Å²) in [6.07, 6.45) is 4.57. The van der Waals surface area contributed by atoms with Gasteiger partial charge in [-0.3, -0.25) is 4.79 Å². The molecule has 1 aliphatic heterocycles. The van der Waals surface area contributed by atoms with Gasteiger partial charge in [0, 0.05) is 11.9 Å². The number of nitrogens with one attached hydrogen (secondary N) is 2. The molecule has 2 N–H and O–H groups in total. The lowest BCUT2D eigenvalue weighted by Gasteiger charge is -2.02. The third kappa shape index (κ3) is 3.08. The van der Waals surface area contributed by atoms with Gasteiger partial charge in [-0.05, 0) is 48.0 Å². The molecule has 1 aliphatic rings. The molecule has 1 saturated heterocycles. The minimum Gasteiger partial charge on any atom is -0.362 e. The van der Waals surface area contributed by atoms with Crippen molar-refractivity contribution in [3.63, 3.8) is 0 Å². The minimum atomic E-state index is -0.109. The molecule has 2 heterocycles. The van der Waals surface area contributed by atoms with Crippen LogP contribution in [0.15, 0.2) is 52.5 Å². The van der Waals surface area contributed by atoms with E-state index in [-0.39, 0.29) is 5.91 Å². The van der Waals surface area contributed by atoms with Gasteiger partial charge in [0.2, 0.25) is 0 Å². The predicted octanol–water partition coefficient (Wildman–Crippen LogP) is 3.47. The molecule has 1 amide bonds. The Labute approximate surface area is 127 Å². The lowest BCUT2D eigenvalue weighted by Crippen LogP contribution is -2.19. The Balaban J connectivity index is 1.86. The fourth-order valence-electron chi connectivity index (χ4n) is 2.08. The zero-order valence-electron chi connectivity index (χ0n) is 11.6. The SMILES string of the molecule is CCc1ccccc1N=C1NC(=O)C(=Cc2ccc[nH]2)S1. The number of para-hydroxylation sites is 1. The smallest absolute Gasteiger partial charge is 0.264 e. The van der Waals surface area contributed by atoms with Crippen molar-refractivity contribution in [1.29, 1.82) is 0 Å². The topological polar surface area (TPSA) is 57.2 Å². The predicted molar refractivity (Wildman–Crippen MR) is 87.4 cm³/mol. The largest absolute Gasteiger partial charge is 0.362 e. The summed E-state index contributed by atoms with van der Waals surface area (Å²) in [6, 6.07) is 11.8. The zero-order chi connectivity index (χ0) is 14.7. The van der Waals surface area contributed by atoms with Gasteiger partial charge in [-0.2, -0.15) is 0 Å². The van der Waals surface area contributed by atoms with Crippen molar-refractivity contribution >= 4 is 34.6 Å². The highest BCUT2D eigenvalue weighted by Crippen LogP contribution is 2.29. The van der Waals surface area contributed by atoms with Crippen LogP contribution in [0, 0.1) is 0 Å². The average molecular weight is 297 g/mol. The van der Waals surface area contributed by atoms with Crippen molar-refractivity contribution in [2.75, 3.05) is 0 Å². The Morgan fingerprint density at radius 1 is 1.24 bits per heavy atom. The highest BCUT2D eigenvalue weighted by atomic mass is 32.2. The summed E-state index contributed by atoms with van der Waals surface area (Å²) >= 11 is 1.36. The fraction of sp³-hybridized carbons (Fsp3) is 0.125. The standard InChI is InChI=1S/C16H15N3OS/c1-2-11-6-3-4-8-13(11)18-16-19-15(20)14(21-16)10-12-7-5-9-17-12/h3-10,17H,2H2,1H3,(H,18,19,20). The molecule has 106 valence electrons. The first-order chi connectivity index (χ1) is 10.3. The van der Waals surface area contributed by atoms with Gasteiger partial charge in [0.15, 0.2) is 5.17 Å². The van der Waals surface area contributed by atoms with E-state index in [1.165, 1.54) is 17.3 Å². The van der Waals surface area contributed by atoms with E-state index < -0.39 is 0 Å². The Bertz CT molecular complexity index is 717. The molecule has 3 rings (SSSR count). The highest BCUT2D eigenvalue weighted by Gasteiger charge is 2.24. The van der Waals surface area contributed by atoms with Gasteiger partial charge in [0.05, 0.1) is 10.6 Å². The highest BCUT2D eigenvalue weighted by molar-refractivity contribution is 8.18. The lowest BCUT2D eigenvalue weighted by molar-refractivity contribution is -0.115. The van der Waals surface area contributed by atoms with Crippen molar-refractivity contribution in [2.45, 2.75) is 13.3 Å². The first kappa shape index (κ1) is 13.7. The normalized spacial score (nSPS) is 18.4. The number of aromatic amines is 1. The number of amidine groups is 1. The number of carbonyl (C=O) groups is 1. The molecular weight excluding hydrogens is 282 g/mol. The number of aryl methyl sites for hydroxylation is 1. The third-order valence-corrected chi connectivity index (χ3v) is 4.06. The molecule has 1 aromatic carbocycles. The van der Waals surface area contributed by atoms with E-state index in [0.29, 0.717) is 10.1 Å². The number of benzene rings is 1. The molecular formula is C16H15N3OS. The maximum atomic E-state index is 12.0. The monoisotopic (exact) mass is 297 g/mol. The molecule has 0 unspecified atom stereocenters. The zero-order valence-corrected chi connectivity index (χ0v) is 12.4. The molecule has 21 heavy (non-hydrogen) atoms. The van der Waals surface area contributed by atoms with Crippen molar-refractivity contribution in [3.05, 3.63) is 58.8 Å². The van der Waals surface area contributed by atoms with Crippen LogP contribution in [0.2, 0.25) is 0 Å². The number of aliphatic imine (C=N–C) groups is 1. The molecule has 1 aromatic heterocycles. The molecule has 0 spiro atoms. The maximum absolute atomic E-state index is 12.0. The number of aromatic nitrogens is 1. The van der Waals surface area contributed by atoms with Crippen LogP contribution in [0.1, 0.15) is 18.2 Å². The van der Waals surface area contributed by atoms with Gasteiger partial charge in [0.25, 0.3) is 5.91 Å². The van der Waals surface area contributed by atoms with Crippen molar-refractivity contribution in [1.82, 2.24) is 10.3 Å². The second-order valence-corrected chi connectivity index (χ2v) is 5.62. The van der Waals surface area contributed by atoms with Crippen LogP contribution in [0.5, 0.6) is 0 Å². The molecule has 0 saturated carbocycles. The Morgan fingerprint density at radius 3 is 2.86 bits per heavy atom. The van der Waals surface area contributed by atoms with Crippen LogP contribution in [0.25, 0.3) is 6.08 Å². The van der Waals surface area contributed by atoms with Crippen molar-refractivity contribution in [2.24, 2.45) is 4.99 Å². The van der Waals surface area contributed by atoms with Gasteiger partial charge in [-0.25, -0.2) is 4.99 Å². The van der Waals surface area contributed by atoms with Crippen LogP contribution in [-0.4, -0.2) is 16.1 Å². The Morgan fingerprint density at radius 2 is 2.10 bits per heavy atom. The van der Waals surface area contributed by atoms with Gasteiger partial charge in [-0.1, -0.05) is 25.1 Å².